The van der Waals surface area contributed by atoms with Crippen molar-refractivity contribution in [2.45, 2.75) is 27.2 Å². The molecule has 94 valence electrons. The summed E-state index contributed by atoms with van der Waals surface area (Å²) in [5.74, 6) is -0.101. The lowest BCUT2D eigenvalue weighted by Crippen LogP contribution is -3.00. The number of hydrogen-bond acceptors (Lipinski definition) is 2. The van der Waals surface area contributed by atoms with Crippen LogP contribution in [0.5, 0.6) is 0 Å². The molecule has 0 amide bonds. The number of aryl methyl sites for hydroxylation is 1. The van der Waals surface area contributed by atoms with Gasteiger partial charge in [-0.15, -0.1) is 0 Å². The monoisotopic (exact) mass is 254 g/mol. The molecule has 1 aromatic carbocycles. The zero-order valence-corrected chi connectivity index (χ0v) is 11.0. The van der Waals surface area contributed by atoms with Gasteiger partial charge in [-0.1, -0.05) is 31.2 Å². The van der Waals surface area contributed by atoms with Crippen LogP contribution in [0, 0.1) is 12.1 Å². The number of nitrogens with two attached hydrogens (primary N) is 1. The molecule has 4 heteroatoms. The Balaban J connectivity index is 0.00000256. The average molecular weight is 255 g/mol. The fourth-order valence-electron chi connectivity index (χ4n) is 1.69. The average Bonchev–Trinajstić information content (AvgIpc) is 2.30. The van der Waals surface area contributed by atoms with Gasteiger partial charge in [0.2, 0.25) is 5.78 Å². The van der Waals surface area contributed by atoms with Crippen molar-refractivity contribution in [3.63, 3.8) is 0 Å². The number of hydrogen-bond donors (Lipinski definition) is 1. The fraction of sp³-hybridized carbons (Fsp3) is 0.308. The Labute approximate surface area is 108 Å². The Morgan fingerprint density at radius 3 is 2.41 bits per heavy atom. The summed E-state index contributed by atoms with van der Waals surface area (Å²) in [6.07, 6.45) is 0.358. The molecule has 0 saturated carbocycles. The summed E-state index contributed by atoms with van der Waals surface area (Å²) in [6.45, 7) is 5.55. The predicted octanol–water partition coefficient (Wildman–Crippen LogP) is -1.23. The molecule has 3 nitrogen and oxygen atoms in total. The molecule has 0 aromatic heterocycles. The molecule has 0 bridgehead atoms. The highest BCUT2D eigenvalue weighted by Crippen LogP contribution is 2.19. The third-order valence-corrected chi connectivity index (χ3v) is 2.69. The minimum atomic E-state index is -0.101. The number of halogens is 1. The number of benzene rings is 1. The summed E-state index contributed by atoms with van der Waals surface area (Å²) < 4.78 is 0. The summed E-state index contributed by atoms with van der Waals surface area (Å²) in [4.78, 5) is 11.6. The van der Waals surface area contributed by atoms with Crippen LogP contribution in [0.3, 0.4) is 0 Å². The number of rotatable bonds is 4. The highest BCUT2D eigenvalue weighted by Gasteiger charge is 2.14. The lowest BCUT2D eigenvalue weighted by Gasteiger charge is -2.11. The molecule has 2 N–H and O–H groups in total. The maximum Gasteiger partial charge on any atom is 0.216 e. The predicted molar refractivity (Wildman–Crippen MR) is 64.4 cm³/mol. The molecule has 0 aliphatic rings. The first-order valence-corrected chi connectivity index (χ1v) is 5.37. The Morgan fingerprint density at radius 1 is 1.35 bits per heavy atom. The van der Waals surface area contributed by atoms with E-state index < -0.39 is 0 Å². The first kappa shape index (κ1) is 15.8. The summed E-state index contributed by atoms with van der Waals surface area (Å²) in [5.41, 5.74) is 3.75. The SMILES string of the molecule is CCC(=O)/C([NH2+][O-])=C(/C)c1ccccc1C.[Cl-]. The van der Waals surface area contributed by atoms with Crippen LogP contribution in [0.4, 0.5) is 0 Å². The standard InChI is InChI=1S/C13H17NO2.ClH/c1-4-12(15)13(14-16)10(3)11-8-6-5-7-9(11)2;/h5-8H,4,14H2,1-3H3;1H/p-1/b13-10+;. The quantitative estimate of drug-likeness (QED) is 0.541. The molecule has 0 heterocycles. The van der Waals surface area contributed by atoms with Crippen molar-refractivity contribution in [2.24, 2.45) is 0 Å². The highest BCUT2D eigenvalue weighted by atomic mass is 35.5. The van der Waals surface area contributed by atoms with Gasteiger partial charge in [-0.2, -0.15) is 0 Å². The summed E-state index contributed by atoms with van der Waals surface area (Å²) in [7, 11) is 0. The number of hydroxylamine groups is 1. The van der Waals surface area contributed by atoms with Crippen LogP contribution in [0.15, 0.2) is 30.0 Å². The largest absolute Gasteiger partial charge is 1.00 e. The molecule has 0 aliphatic carbocycles. The van der Waals surface area contributed by atoms with Crippen molar-refractivity contribution in [3.8, 4) is 0 Å². The Bertz CT molecular complexity index is 427. The van der Waals surface area contributed by atoms with E-state index in [1.165, 1.54) is 0 Å². The van der Waals surface area contributed by atoms with E-state index in [0.717, 1.165) is 16.7 Å². The van der Waals surface area contributed by atoms with Gasteiger partial charge in [0.05, 0.1) is 0 Å². The van der Waals surface area contributed by atoms with E-state index in [0.29, 0.717) is 11.9 Å². The maximum atomic E-state index is 11.6. The number of quaternary nitrogens is 1. The number of carbonyl (C=O) groups is 1. The van der Waals surface area contributed by atoms with E-state index in [-0.39, 0.29) is 23.9 Å². The third kappa shape index (κ3) is 3.66. The second-order valence-corrected chi connectivity index (χ2v) is 3.75. The fourth-order valence-corrected chi connectivity index (χ4v) is 1.69. The molecule has 0 aliphatic heterocycles. The second-order valence-electron chi connectivity index (χ2n) is 3.75. The minimum absolute atomic E-state index is 0. The normalized spacial score (nSPS) is 11.5. The lowest BCUT2D eigenvalue weighted by atomic mass is 9.98. The molecule has 0 spiro atoms. The van der Waals surface area contributed by atoms with Crippen molar-refractivity contribution < 1.29 is 22.7 Å². The Kier molecular flexibility index (Phi) is 6.73. The number of ketones is 1. The molecule has 1 aromatic rings. The smallest absolute Gasteiger partial charge is 0.216 e. The number of carbonyl (C=O) groups excluding carboxylic acids is 1. The molecule has 0 fully saturated rings. The summed E-state index contributed by atoms with van der Waals surface area (Å²) in [5, 5.41) is 11.0. The molecule has 17 heavy (non-hydrogen) atoms. The van der Waals surface area contributed by atoms with Crippen LogP contribution in [0.25, 0.3) is 5.57 Å². The Hall–Kier alpha value is -1.16. The second kappa shape index (κ2) is 7.22. The summed E-state index contributed by atoms with van der Waals surface area (Å²) in [6, 6.07) is 7.74. The zero-order chi connectivity index (χ0) is 12.1. The van der Waals surface area contributed by atoms with E-state index in [4.69, 9.17) is 0 Å². The van der Waals surface area contributed by atoms with E-state index in [9.17, 15) is 10.0 Å². The van der Waals surface area contributed by atoms with E-state index in [1.54, 1.807) is 6.92 Å². The minimum Gasteiger partial charge on any atom is -1.00 e. The molecule has 0 unspecified atom stereocenters. The molecule has 0 radical (unpaired) electrons. The van der Waals surface area contributed by atoms with Gasteiger partial charge in [0.25, 0.3) is 0 Å². The highest BCUT2D eigenvalue weighted by molar-refractivity contribution is 5.99. The van der Waals surface area contributed by atoms with Gasteiger partial charge in [-0.25, -0.2) is 0 Å². The van der Waals surface area contributed by atoms with Gasteiger partial charge < -0.3 is 23.1 Å². The van der Waals surface area contributed by atoms with Crippen molar-refractivity contribution in [2.75, 3.05) is 0 Å². The zero-order valence-electron chi connectivity index (χ0n) is 10.3. The first-order chi connectivity index (χ1) is 7.61. The summed E-state index contributed by atoms with van der Waals surface area (Å²) >= 11 is 0. The van der Waals surface area contributed by atoms with Crippen LogP contribution >= 0.6 is 0 Å². The van der Waals surface area contributed by atoms with Crippen molar-refractivity contribution in [1.29, 1.82) is 0 Å². The van der Waals surface area contributed by atoms with Crippen molar-refractivity contribution >= 4 is 11.4 Å². The van der Waals surface area contributed by atoms with Crippen LogP contribution in [-0.2, 0) is 4.79 Å². The molecular formula is C13H17ClNO2-. The molecule has 0 atom stereocenters. The molecular weight excluding hydrogens is 238 g/mol. The third-order valence-electron chi connectivity index (χ3n) is 2.69. The van der Waals surface area contributed by atoms with E-state index in [1.807, 2.05) is 38.1 Å². The van der Waals surface area contributed by atoms with Gasteiger partial charge in [-0.3, -0.25) is 4.79 Å². The Morgan fingerprint density at radius 2 is 1.94 bits per heavy atom. The number of Topliss-reactive ketones (excluding diaryl/α,β-unsaturated/α-hetero) is 1. The van der Waals surface area contributed by atoms with Gasteiger partial charge in [0, 0.05) is 12.0 Å². The van der Waals surface area contributed by atoms with Gasteiger partial charge in [0.15, 0.2) is 5.70 Å². The maximum absolute atomic E-state index is 11.6. The van der Waals surface area contributed by atoms with Crippen LogP contribution in [0.2, 0.25) is 0 Å². The van der Waals surface area contributed by atoms with Crippen LogP contribution in [-0.4, -0.2) is 5.78 Å². The van der Waals surface area contributed by atoms with Gasteiger partial charge >= 0.3 is 0 Å². The van der Waals surface area contributed by atoms with Crippen LogP contribution < -0.4 is 17.9 Å². The van der Waals surface area contributed by atoms with Crippen molar-refractivity contribution in [3.05, 3.63) is 46.3 Å². The topological polar surface area (TPSA) is 56.7 Å². The van der Waals surface area contributed by atoms with Gasteiger partial charge in [0.1, 0.15) is 0 Å². The molecule has 0 saturated heterocycles. The van der Waals surface area contributed by atoms with Crippen molar-refractivity contribution in [1.82, 2.24) is 0 Å². The first-order valence-electron chi connectivity index (χ1n) is 5.37. The lowest BCUT2D eigenvalue weighted by molar-refractivity contribution is -0.528. The van der Waals surface area contributed by atoms with E-state index in [2.05, 4.69) is 0 Å². The van der Waals surface area contributed by atoms with Crippen LogP contribution in [0.1, 0.15) is 31.4 Å². The molecule has 1 rings (SSSR count). The number of allylic oxidation sites excluding steroid dienone is 2. The van der Waals surface area contributed by atoms with Gasteiger partial charge in [-0.05, 0) is 25.0 Å². The van der Waals surface area contributed by atoms with E-state index >= 15 is 0 Å².